The zero-order chi connectivity index (χ0) is 14.8. The summed E-state index contributed by atoms with van der Waals surface area (Å²) in [5, 5.41) is 13.2. The molecule has 2 rings (SSSR count). The van der Waals surface area contributed by atoms with Gasteiger partial charge >= 0.3 is 0 Å². The van der Waals surface area contributed by atoms with Crippen LogP contribution in [0, 0.1) is 6.92 Å². The highest BCUT2D eigenvalue weighted by molar-refractivity contribution is 9.10. The molecule has 110 valence electrons. The zero-order valence-electron chi connectivity index (χ0n) is 11.7. The van der Waals surface area contributed by atoms with Crippen LogP contribution in [-0.4, -0.2) is 23.2 Å². The molecule has 0 spiro atoms. The lowest BCUT2D eigenvalue weighted by molar-refractivity contribution is 0.00525. The van der Waals surface area contributed by atoms with Gasteiger partial charge < -0.3 is 16.2 Å². The van der Waals surface area contributed by atoms with Crippen molar-refractivity contribution in [3.05, 3.63) is 27.7 Å². The molecule has 1 aliphatic rings. The monoisotopic (exact) mass is 340 g/mol. The number of aliphatic hydroxyl groups is 1. The maximum absolute atomic E-state index is 12.3. The number of rotatable bonds is 3. The lowest BCUT2D eigenvalue weighted by atomic mass is 9.85. The van der Waals surface area contributed by atoms with Gasteiger partial charge in [0, 0.05) is 22.3 Å². The second-order valence-corrected chi connectivity index (χ2v) is 6.55. The number of hydrogen-bond acceptors (Lipinski definition) is 3. The van der Waals surface area contributed by atoms with E-state index in [-0.39, 0.29) is 5.91 Å². The van der Waals surface area contributed by atoms with Crippen molar-refractivity contribution in [3.8, 4) is 0 Å². The molecule has 0 radical (unpaired) electrons. The minimum Gasteiger partial charge on any atom is -0.398 e. The van der Waals surface area contributed by atoms with Gasteiger partial charge in [0.2, 0.25) is 0 Å². The van der Waals surface area contributed by atoms with Crippen LogP contribution >= 0.6 is 15.9 Å². The summed E-state index contributed by atoms with van der Waals surface area (Å²) in [5.74, 6) is -0.186. The first-order valence-electron chi connectivity index (χ1n) is 6.97. The highest BCUT2D eigenvalue weighted by atomic mass is 79.9. The fraction of sp³-hybridized carbons (Fsp3) is 0.533. The molecule has 1 aromatic rings. The summed E-state index contributed by atoms with van der Waals surface area (Å²) in [6, 6.07) is 3.53. The van der Waals surface area contributed by atoms with Gasteiger partial charge in [-0.1, -0.05) is 35.2 Å². The lowest BCUT2D eigenvalue weighted by Crippen LogP contribution is -2.44. The van der Waals surface area contributed by atoms with Crippen LogP contribution in [0.5, 0.6) is 0 Å². The summed E-state index contributed by atoms with van der Waals surface area (Å²) >= 11 is 3.34. The van der Waals surface area contributed by atoms with E-state index in [2.05, 4.69) is 21.2 Å². The molecule has 0 atom stereocenters. The van der Waals surface area contributed by atoms with E-state index in [1.807, 2.05) is 6.92 Å². The Morgan fingerprint density at radius 2 is 2.05 bits per heavy atom. The summed E-state index contributed by atoms with van der Waals surface area (Å²) in [5.41, 5.74) is 7.02. The van der Waals surface area contributed by atoms with E-state index in [1.165, 1.54) is 0 Å². The number of nitrogen functional groups attached to an aromatic ring is 1. The number of halogens is 1. The van der Waals surface area contributed by atoms with Crippen molar-refractivity contribution in [2.24, 2.45) is 0 Å². The Hall–Kier alpha value is -1.07. The molecule has 1 saturated carbocycles. The first-order valence-corrected chi connectivity index (χ1v) is 7.77. The van der Waals surface area contributed by atoms with E-state index in [9.17, 15) is 9.90 Å². The van der Waals surface area contributed by atoms with E-state index >= 15 is 0 Å². The standard InChI is InChI=1S/C15H21BrN2O2/c1-10-12(7-11(16)8-13(10)17)14(19)18-9-15(20)5-3-2-4-6-15/h7-8,20H,2-6,9,17H2,1H3,(H,18,19). The molecule has 20 heavy (non-hydrogen) atoms. The third-order valence-corrected chi connectivity index (χ3v) is 4.48. The van der Waals surface area contributed by atoms with E-state index in [0.29, 0.717) is 17.8 Å². The summed E-state index contributed by atoms with van der Waals surface area (Å²) in [6.45, 7) is 2.13. The number of amides is 1. The zero-order valence-corrected chi connectivity index (χ0v) is 13.3. The Kier molecular flexibility index (Phi) is 4.70. The molecule has 0 unspecified atom stereocenters. The van der Waals surface area contributed by atoms with Gasteiger partial charge in [0.15, 0.2) is 0 Å². The smallest absolute Gasteiger partial charge is 0.251 e. The molecule has 1 aliphatic carbocycles. The fourth-order valence-electron chi connectivity index (χ4n) is 2.66. The average Bonchev–Trinajstić information content (AvgIpc) is 2.41. The minimum atomic E-state index is -0.751. The van der Waals surface area contributed by atoms with Crippen LogP contribution in [0.2, 0.25) is 0 Å². The lowest BCUT2D eigenvalue weighted by Gasteiger charge is -2.32. The molecule has 4 nitrogen and oxygen atoms in total. The van der Waals surface area contributed by atoms with Gasteiger partial charge in [-0.15, -0.1) is 0 Å². The Morgan fingerprint density at radius 1 is 1.40 bits per heavy atom. The SMILES string of the molecule is Cc1c(N)cc(Br)cc1C(=O)NCC1(O)CCCCC1. The number of carbonyl (C=O) groups excluding carboxylic acids is 1. The Bertz CT molecular complexity index is 511. The van der Waals surface area contributed by atoms with Gasteiger partial charge in [0.25, 0.3) is 5.91 Å². The highest BCUT2D eigenvalue weighted by Crippen LogP contribution is 2.28. The van der Waals surface area contributed by atoms with Crippen molar-refractivity contribution in [1.29, 1.82) is 0 Å². The molecule has 1 amide bonds. The van der Waals surface area contributed by atoms with Gasteiger partial charge in [-0.3, -0.25) is 4.79 Å². The largest absolute Gasteiger partial charge is 0.398 e. The van der Waals surface area contributed by atoms with Gasteiger partial charge in [-0.05, 0) is 37.5 Å². The van der Waals surface area contributed by atoms with Crippen molar-refractivity contribution in [2.45, 2.75) is 44.6 Å². The quantitative estimate of drug-likeness (QED) is 0.740. The number of hydrogen-bond donors (Lipinski definition) is 3. The van der Waals surface area contributed by atoms with Crippen LogP contribution in [0.3, 0.4) is 0 Å². The van der Waals surface area contributed by atoms with Crippen molar-refractivity contribution in [2.75, 3.05) is 12.3 Å². The molecule has 0 heterocycles. The van der Waals surface area contributed by atoms with Crippen molar-refractivity contribution >= 4 is 27.5 Å². The predicted molar refractivity (Wildman–Crippen MR) is 83.7 cm³/mol. The molecule has 4 N–H and O–H groups in total. The summed E-state index contributed by atoms with van der Waals surface area (Å²) in [7, 11) is 0. The molecule has 1 aromatic carbocycles. The van der Waals surface area contributed by atoms with Crippen molar-refractivity contribution < 1.29 is 9.90 Å². The summed E-state index contributed by atoms with van der Waals surface area (Å²) in [6.07, 6.45) is 4.72. The molecule has 0 aromatic heterocycles. The van der Waals surface area contributed by atoms with Crippen LogP contribution in [0.4, 0.5) is 5.69 Å². The first-order chi connectivity index (χ1) is 9.41. The van der Waals surface area contributed by atoms with E-state index < -0.39 is 5.60 Å². The predicted octanol–water partition coefficient (Wildman–Crippen LogP) is 2.76. The van der Waals surface area contributed by atoms with Crippen LogP contribution in [-0.2, 0) is 0 Å². The highest BCUT2D eigenvalue weighted by Gasteiger charge is 2.29. The average molecular weight is 341 g/mol. The van der Waals surface area contributed by atoms with Gasteiger partial charge in [0.05, 0.1) is 5.60 Å². The third-order valence-electron chi connectivity index (χ3n) is 4.02. The van der Waals surface area contributed by atoms with Gasteiger partial charge in [0.1, 0.15) is 0 Å². The summed E-state index contributed by atoms with van der Waals surface area (Å²) < 4.78 is 0.780. The number of nitrogens with two attached hydrogens (primary N) is 1. The maximum Gasteiger partial charge on any atom is 0.251 e. The number of carbonyl (C=O) groups is 1. The fourth-order valence-corrected chi connectivity index (χ4v) is 3.14. The maximum atomic E-state index is 12.3. The van der Waals surface area contributed by atoms with Crippen LogP contribution in [0.25, 0.3) is 0 Å². The molecule has 5 heteroatoms. The Labute approximate surface area is 127 Å². The second kappa shape index (κ2) is 6.14. The first kappa shape index (κ1) is 15.3. The second-order valence-electron chi connectivity index (χ2n) is 5.64. The van der Waals surface area contributed by atoms with E-state index in [4.69, 9.17) is 5.73 Å². The van der Waals surface area contributed by atoms with E-state index in [0.717, 1.165) is 42.1 Å². The molecule has 0 saturated heterocycles. The van der Waals surface area contributed by atoms with Crippen molar-refractivity contribution in [1.82, 2.24) is 5.32 Å². The summed E-state index contributed by atoms with van der Waals surface area (Å²) in [4.78, 5) is 12.3. The molecule has 0 bridgehead atoms. The molecule has 0 aliphatic heterocycles. The molecular weight excluding hydrogens is 320 g/mol. The molecule has 1 fully saturated rings. The number of anilines is 1. The Balaban J connectivity index is 2.05. The topological polar surface area (TPSA) is 75.4 Å². The number of benzene rings is 1. The van der Waals surface area contributed by atoms with E-state index in [1.54, 1.807) is 12.1 Å². The minimum absolute atomic E-state index is 0.186. The Morgan fingerprint density at radius 3 is 2.70 bits per heavy atom. The van der Waals surface area contributed by atoms with Crippen LogP contribution in [0.1, 0.15) is 48.0 Å². The van der Waals surface area contributed by atoms with Crippen LogP contribution in [0.15, 0.2) is 16.6 Å². The number of nitrogens with one attached hydrogen (secondary N) is 1. The molecular formula is C15H21BrN2O2. The van der Waals surface area contributed by atoms with Crippen molar-refractivity contribution in [3.63, 3.8) is 0 Å². The normalized spacial score (nSPS) is 17.8. The van der Waals surface area contributed by atoms with Gasteiger partial charge in [-0.2, -0.15) is 0 Å². The third kappa shape index (κ3) is 3.52. The van der Waals surface area contributed by atoms with Gasteiger partial charge in [-0.25, -0.2) is 0 Å². The van der Waals surface area contributed by atoms with Crippen LogP contribution < -0.4 is 11.1 Å².